The standard InChI is InChI=1S/C17H13ClF3N3O/c1-10-4-2-3-5-14(10)23-15(25)7-12-9-24-8-11(17(19,20)21)6-13(18)16(24)22-12/h2-6,8-9H,7H2,1H3,(H,23,25). The number of hydrogen-bond donors (Lipinski definition) is 1. The molecule has 2 heterocycles. The van der Waals surface area contributed by atoms with Crippen LogP contribution in [0.1, 0.15) is 16.8 Å². The lowest BCUT2D eigenvalue weighted by atomic mass is 10.2. The van der Waals surface area contributed by atoms with Crippen LogP contribution < -0.4 is 5.32 Å². The highest BCUT2D eigenvalue weighted by Crippen LogP contribution is 2.32. The number of carbonyl (C=O) groups excluding carboxylic acids is 1. The molecule has 1 aromatic carbocycles. The van der Waals surface area contributed by atoms with Gasteiger partial charge in [0.25, 0.3) is 0 Å². The SMILES string of the molecule is Cc1ccccc1NC(=O)Cc1cn2cc(C(F)(F)F)cc(Cl)c2n1. The van der Waals surface area contributed by atoms with E-state index >= 15 is 0 Å². The number of aromatic nitrogens is 2. The smallest absolute Gasteiger partial charge is 0.326 e. The van der Waals surface area contributed by atoms with E-state index in [2.05, 4.69) is 10.3 Å². The lowest BCUT2D eigenvalue weighted by Gasteiger charge is -2.07. The van der Waals surface area contributed by atoms with Gasteiger partial charge in [0, 0.05) is 18.1 Å². The van der Waals surface area contributed by atoms with E-state index in [0.717, 1.165) is 17.8 Å². The molecule has 0 spiro atoms. The summed E-state index contributed by atoms with van der Waals surface area (Å²) in [6.07, 6.45) is -2.32. The van der Waals surface area contributed by atoms with Crippen molar-refractivity contribution in [2.24, 2.45) is 0 Å². The number of pyridine rings is 1. The third-order valence-electron chi connectivity index (χ3n) is 3.64. The third-order valence-corrected chi connectivity index (χ3v) is 3.92. The highest BCUT2D eigenvalue weighted by atomic mass is 35.5. The maximum Gasteiger partial charge on any atom is 0.417 e. The number of alkyl halides is 3. The number of amides is 1. The fourth-order valence-electron chi connectivity index (χ4n) is 2.42. The fraction of sp³-hybridized carbons (Fsp3) is 0.176. The minimum atomic E-state index is -4.51. The number of aryl methyl sites for hydroxylation is 1. The second-order valence-corrected chi connectivity index (χ2v) is 5.98. The number of carbonyl (C=O) groups is 1. The van der Waals surface area contributed by atoms with Gasteiger partial charge in [0.05, 0.1) is 22.7 Å². The lowest BCUT2D eigenvalue weighted by Crippen LogP contribution is -2.15. The number of para-hydroxylation sites is 1. The van der Waals surface area contributed by atoms with Crippen molar-refractivity contribution in [3.63, 3.8) is 0 Å². The first-order chi connectivity index (χ1) is 11.7. The van der Waals surface area contributed by atoms with Crippen molar-refractivity contribution in [1.29, 1.82) is 0 Å². The molecule has 8 heteroatoms. The minimum absolute atomic E-state index is 0.0757. The van der Waals surface area contributed by atoms with Crippen LogP contribution in [0, 0.1) is 6.92 Å². The Balaban J connectivity index is 1.83. The van der Waals surface area contributed by atoms with Gasteiger partial charge in [-0.3, -0.25) is 4.79 Å². The number of halogens is 4. The molecule has 4 nitrogen and oxygen atoms in total. The van der Waals surface area contributed by atoms with Crippen molar-refractivity contribution in [3.05, 3.63) is 64.6 Å². The molecule has 0 saturated heterocycles. The van der Waals surface area contributed by atoms with Gasteiger partial charge in [-0.25, -0.2) is 4.98 Å². The van der Waals surface area contributed by atoms with Gasteiger partial charge >= 0.3 is 6.18 Å². The Kier molecular flexibility index (Phi) is 4.43. The van der Waals surface area contributed by atoms with Crippen LogP contribution in [0.3, 0.4) is 0 Å². The van der Waals surface area contributed by atoms with E-state index in [1.807, 2.05) is 19.1 Å². The quantitative estimate of drug-likeness (QED) is 0.741. The topological polar surface area (TPSA) is 46.4 Å². The zero-order valence-electron chi connectivity index (χ0n) is 13.1. The van der Waals surface area contributed by atoms with Crippen molar-refractivity contribution < 1.29 is 18.0 Å². The van der Waals surface area contributed by atoms with Crippen LogP contribution in [0.15, 0.2) is 42.7 Å². The Morgan fingerprint density at radius 2 is 2.00 bits per heavy atom. The molecule has 1 N–H and O–H groups in total. The van der Waals surface area contributed by atoms with E-state index in [1.54, 1.807) is 12.1 Å². The van der Waals surface area contributed by atoms with Gasteiger partial charge in [-0.05, 0) is 24.6 Å². The Morgan fingerprint density at radius 3 is 2.68 bits per heavy atom. The number of nitrogens with one attached hydrogen (secondary N) is 1. The fourth-order valence-corrected chi connectivity index (χ4v) is 2.68. The van der Waals surface area contributed by atoms with Crippen molar-refractivity contribution in [3.8, 4) is 0 Å². The molecular weight excluding hydrogens is 355 g/mol. The first kappa shape index (κ1) is 17.3. The number of benzene rings is 1. The largest absolute Gasteiger partial charge is 0.417 e. The predicted octanol–water partition coefficient (Wildman–Crippen LogP) is 4.50. The summed E-state index contributed by atoms with van der Waals surface area (Å²) in [5, 5.41) is 2.63. The van der Waals surface area contributed by atoms with Crippen LogP contribution in [0.4, 0.5) is 18.9 Å². The first-order valence-corrected chi connectivity index (χ1v) is 7.71. The second kappa shape index (κ2) is 6.40. The zero-order chi connectivity index (χ0) is 18.2. The molecule has 0 saturated carbocycles. The average Bonchev–Trinajstić information content (AvgIpc) is 2.91. The van der Waals surface area contributed by atoms with E-state index in [1.165, 1.54) is 10.6 Å². The summed E-state index contributed by atoms with van der Waals surface area (Å²) in [4.78, 5) is 16.3. The van der Waals surface area contributed by atoms with E-state index < -0.39 is 11.7 Å². The summed E-state index contributed by atoms with van der Waals surface area (Å²) in [7, 11) is 0. The molecule has 0 aliphatic rings. The number of nitrogens with zero attached hydrogens (tertiary/aromatic N) is 2. The molecule has 130 valence electrons. The summed E-state index contributed by atoms with van der Waals surface area (Å²) < 4.78 is 39.7. The van der Waals surface area contributed by atoms with Crippen LogP contribution in [0.5, 0.6) is 0 Å². The lowest BCUT2D eigenvalue weighted by molar-refractivity contribution is -0.137. The van der Waals surface area contributed by atoms with Crippen molar-refractivity contribution in [2.45, 2.75) is 19.5 Å². The Labute approximate surface area is 146 Å². The van der Waals surface area contributed by atoms with Gasteiger partial charge < -0.3 is 9.72 Å². The summed E-state index contributed by atoms with van der Waals surface area (Å²) >= 11 is 5.88. The van der Waals surface area contributed by atoms with Crippen LogP contribution in [-0.2, 0) is 17.4 Å². The number of fused-ring (bicyclic) bond motifs is 1. The van der Waals surface area contributed by atoms with E-state index in [0.29, 0.717) is 11.4 Å². The molecule has 0 bridgehead atoms. The monoisotopic (exact) mass is 367 g/mol. The zero-order valence-corrected chi connectivity index (χ0v) is 13.8. The molecule has 0 fully saturated rings. The predicted molar refractivity (Wildman–Crippen MR) is 88.7 cm³/mol. The second-order valence-electron chi connectivity index (χ2n) is 5.58. The van der Waals surface area contributed by atoms with Gasteiger partial charge in [0.1, 0.15) is 0 Å². The van der Waals surface area contributed by atoms with Crippen LogP contribution in [-0.4, -0.2) is 15.3 Å². The molecule has 3 rings (SSSR count). The van der Waals surface area contributed by atoms with Crippen molar-refractivity contribution >= 4 is 28.8 Å². The summed E-state index contributed by atoms with van der Waals surface area (Å²) in [5.41, 5.74) is 1.20. The van der Waals surface area contributed by atoms with Gasteiger partial charge in [0.2, 0.25) is 5.91 Å². The molecule has 2 aromatic heterocycles. The van der Waals surface area contributed by atoms with Crippen LogP contribution >= 0.6 is 11.6 Å². The number of anilines is 1. The highest BCUT2D eigenvalue weighted by molar-refractivity contribution is 6.33. The highest BCUT2D eigenvalue weighted by Gasteiger charge is 2.31. The molecule has 0 radical (unpaired) electrons. The Bertz CT molecular complexity index is 950. The Morgan fingerprint density at radius 1 is 1.28 bits per heavy atom. The summed E-state index contributed by atoms with van der Waals surface area (Å²) in [6, 6.07) is 8.10. The van der Waals surface area contributed by atoms with Gasteiger partial charge in [-0.2, -0.15) is 13.2 Å². The Hall–Kier alpha value is -2.54. The number of hydrogen-bond acceptors (Lipinski definition) is 2. The third kappa shape index (κ3) is 3.76. The molecule has 3 aromatic rings. The van der Waals surface area contributed by atoms with E-state index in [4.69, 9.17) is 11.6 Å². The molecule has 25 heavy (non-hydrogen) atoms. The first-order valence-electron chi connectivity index (χ1n) is 7.34. The van der Waals surface area contributed by atoms with Crippen molar-refractivity contribution in [1.82, 2.24) is 9.38 Å². The maximum atomic E-state index is 12.8. The molecule has 0 unspecified atom stereocenters. The van der Waals surface area contributed by atoms with Gasteiger partial charge in [-0.1, -0.05) is 29.8 Å². The average molecular weight is 368 g/mol. The van der Waals surface area contributed by atoms with E-state index in [-0.39, 0.29) is 23.0 Å². The van der Waals surface area contributed by atoms with Gasteiger partial charge in [0.15, 0.2) is 5.65 Å². The van der Waals surface area contributed by atoms with Crippen molar-refractivity contribution in [2.75, 3.05) is 5.32 Å². The molecule has 1 amide bonds. The minimum Gasteiger partial charge on any atom is -0.326 e. The number of rotatable bonds is 3. The number of imidazole rings is 1. The molecular formula is C17H13ClF3N3O. The van der Waals surface area contributed by atoms with Gasteiger partial charge in [-0.15, -0.1) is 0 Å². The van der Waals surface area contributed by atoms with Crippen LogP contribution in [0.2, 0.25) is 5.02 Å². The molecule has 0 aliphatic heterocycles. The summed E-state index contributed by atoms with van der Waals surface area (Å²) in [6.45, 7) is 1.86. The van der Waals surface area contributed by atoms with Crippen LogP contribution in [0.25, 0.3) is 5.65 Å². The maximum absolute atomic E-state index is 12.8. The molecule has 0 atom stereocenters. The summed E-state index contributed by atoms with van der Waals surface area (Å²) in [5.74, 6) is -0.315. The molecule has 0 aliphatic carbocycles. The van der Waals surface area contributed by atoms with E-state index in [9.17, 15) is 18.0 Å². The normalized spacial score (nSPS) is 11.7.